The molecule has 0 radical (unpaired) electrons. The fraction of sp³-hybridized carbons (Fsp3) is 0.0909. The normalized spacial score (nSPS) is 20.7. The quantitative estimate of drug-likeness (QED) is 0.200. The van der Waals surface area contributed by atoms with Gasteiger partial charge < -0.3 is 9.88 Å². The molecule has 1 aliphatic heterocycles. The predicted molar refractivity (Wildman–Crippen MR) is 190 cm³/mol. The number of benzene rings is 6. The molecule has 2 nitrogen and oxygen atoms in total. The number of hydrogen-bond acceptors (Lipinski definition) is 1. The van der Waals surface area contributed by atoms with Crippen molar-refractivity contribution in [1.29, 1.82) is 0 Å². The smallest absolute Gasteiger partial charge is 0.0726 e. The summed E-state index contributed by atoms with van der Waals surface area (Å²) in [7, 11) is 0. The Bertz CT molecular complexity index is 2660. The second-order valence-corrected chi connectivity index (χ2v) is 13.6. The van der Waals surface area contributed by atoms with Gasteiger partial charge in [-0.25, -0.2) is 0 Å². The molecular formula is C44H28N2. The van der Waals surface area contributed by atoms with Crippen molar-refractivity contribution in [3.8, 4) is 11.1 Å². The van der Waals surface area contributed by atoms with Crippen LogP contribution in [0.3, 0.4) is 0 Å². The Morgan fingerprint density at radius 3 is 2.20 bits per heavy atom. The van der Waals surface area contributed by atoms with E-state index in [9.17, 15) is 0 Å². The van der Waals surface area contributed by atoms with Gasteiger partial charge in [0.1, 0.15) is 0 Å². The highest BCUT2D eigenvalue weighted by atomic mass is 15.0. The number of para-hydroxylation sites is 1. The summed E-state index contributed by atoms with van der Waals surface area (Å²) in [6.45, 7) is 0.897. The first kappa shape index (κ1) is 23.7. The molecule has 12 rings (SSSR count). The summed E-state index contributed by atoms with van der Waals surface area (Å²) in [5.41, 5.74) is 14.7. The van der Waals surface area contributed by atoms with Crippen LogP contribution in [0.25, 0.3) is 60.2 Å². The SMILES string of the molecule is C1=CCNC(C23C=C2C(n2c4ccccc4c4ccc5c(c42)-c2ccccc2C52c4cccc5ccc6cccc2c6c45)=CC3)=C1. The molecular weight excluding hydrogens is 556 g/mol. The molecule has 1 atom stereocenters. The van der Waals surface area contributed by atoms with Crippen molar-refractivity contribution in [2.75, 3.05) is 6.54 Å². The van der Waals surface area contributed by atoms with E-state index in [1.54, 1.807) is 0 Å². The van der Waals surface area contributed by atoms with Crippen molar-refractivity contribution in [3.63, 3.8) is 0 Å². The maximum atomic E-state index is 3.68. The predicted octanol–water partition coefficient (Wildman–Crippen LogP) is 9.99. The molecule has 0 bridgehead atoms. The molecule has 4 aliphatic carbocycles. The van der Waals surface area contributed by atoms with Gasteiger partial charge in [0.05, 0.1) is 21.9 Å². The molecule has 1 N–H and O–H groups in total. The standard InChI is InChI=1S/C44H28N2/c1-3-13-31-30(12-1)41-34(44(31)32-14-7-9-26-18-19-27-10-8-15-33(44)40(27)39(26)32)21-20-29-28-11-2-4-16-36(28)46(42(29)41)37-22-23-43(25-35(37)43)38-17-5-6-24-45-38/h1-22,25,45H,23-24H2. The maximum absolute atomic E-state index is 3.68. The summed E-state index contributed by atoms with van der Waals surface area (Å²) in [6, 6.07) is 41.6. The van der Waals surface area contributed by atoms with E-state index in [4.69, 9.17) is 0 Å². The first-order valence-electron chi connectivity index (χ1n) is 16.5. The van der Waals surface area contributed by atoms with Crippen LogP contribution in [0, 0.1) is 5.41 Å². The van der Waals surface area contributed by atoms with Crippen molar-refractivity contribution in [3.05, 3.63) is 173 Å². The third-order valence-corrected chi connectivity index (χ3v) is 11.7. The van der Waals surface area contributed by atoms with Gasteiger partial charge in [0.25, 0.3) is 0 Å². The minimum atomic E-state index is -0.361. The lowest BCUT2D eigenvalue weighted by Gasteiger charge is -2.30. The minimum Gasteiger partial charge on any atom is -0.384 e. The molecule has 214 valence electrons. The zero-order chi connectivity index (χ0) is 29.8. The van der Waals surface area contributed by atoms with E-state index in [0.717, 1.165) is 13.0 Å². The van der Waals surface area contributed by atoms with Gasteiger partial charge in [-0.1, -0.05) is 127 Å². The largest absolute Gasteiger partial charge is 0.384 e. The van der Waals surface area contributed by atoms with E-state index >= 15 is 0 Å². The van der Waals surface area contributed by atoms with Gasteiger partial charge in [-0.2, -0.15) is 0 Å². The van der Waals surface area contributed by atoms with E-state index in [0.29, 0.717) is 0 Å². The number of nitrogens with one attached hydrogen (secondary N) is 1. The van der Waals surface area contributed by atoms with Crippen LogP contribution >= 0.6 is 0 Å². The van der Waals surface area contributed by atoms with Crippen LogP contribution in [0.15, 0.2) is 151 Å². The number of allylic oxidation sites excluding steroid dienone is 5. The van der Waals surface area contributed by atoms with Crippen molar-refractivity contribution in [1.82, 2.24) is 9.88 Å². The van der Waals surface area contributed by atoms with Gasteiger partial charge >= 0.3 is 0 Å². The highest BCUT2D eigenvalue weighted by molar-refractivity contribution is 6.21. The first-order valence-corrected chi connectivity index (χ1v) is 16.5. The summed E-state index contributed by atoms with van der Waals surface area (Å²) in [5, 5.41) is 11.8. The molecule has 7 aromatic rings. The number of nitrogens with zero attached hydrogens (tertiary/aromatic N) is 1. The Balaban J connectivity index is 1.22. The molecule has 0 saturated heterocycles. The number of rotatable bonds is 2. The number of fused-ring (bicyclic) bond motifs is 12. The molecule has 1 aromatic heterocycles. The fourth-order valence-corrected chi connectivity index (χ4v) is 9.93. The van der Waals surface area contributed by atoms with Crippen molar-refractivity contribution < 1.29 is 0 Å². The molecule has 1 spiro atoms. The van der Waals surface area contributed by atoms with Gasteiger partial charge in [-0.15, -0.1) is 0 Å². The average Bonchev–Trinajstić information content (AvgIpc) is 3.33. The van der Waals surface area contributed by atoms with E-state index in [2.05, 4.69) is 149 Å². The van der Waals surface area contributed by atoms with Crippen LogP contribution in [0.2, 0.25) is 0 Å². The van der Waals surface area contributed by atoms with Crippen LogP contribution in [0.5, 0.6) is 0 Å². The number of hydrogen-bond donors (Lipinski definition) is 1. The zero-order valence-electron chi connectivity index (χ0n) is 25.1. The first-order chi connectivity index (χ1) is 22.8. The Morgan fingerprint density at radius 1 is 0.652 bits per heavy atom. The minimum absolute atomic E-state index is 0.00720. The molecule has 0 fully saturated rings. The van der Waals surface area contributed by atoms with E-state index in [1.807, 2.05) is 0 Å². The van der Waals surface area contributed by atoms with Crippen LogP contribution in [0.1, 0.15) is 28.7 Å². The van der Waals surface area contributed by atoms with Crippen LogP contribution in [-0.4, -0.2) is 11.1 Å². The van der Waals surface area contributed by atoms with Gasteiger partial charge in [0.15, 0.2) is 0 Å². The summed E-state index contributed by atoms with van der Waals surface area (Å²) >= 11 is 0. The zero-order valence-corrected chi connectivity index (χ0v) is 25.1. The second-order valence-electron chi connectivity index (χ2n) is 13.6. The van der Waals surface area contributed by atoms with Gasteiger partial charge in [0, 0.05) is 34.3 Å². The molecule has 5 aliphatic rings. The van der Waals surface area contributed by atoms with E-state index in [-0.39, 0.29) is 10.8 Å². The molecule has 1 unspecified atom stereocenters. The summed E-state index contributed by atoms with van der Waals surface area (Å²) in [5.74, 6) is 0. The Hall–Kier alpha value is -5.60. The van der Waals surface area contributed by atoms with Crippen LogP contribution in [-0.2, 0) is 5.41 Å². The Labute approximate surface area is 266 Å². The number of dihydropyridines is 1. The third kappa shape index (κ3) is 2.47. The highest BCUT2D eigenvalue weighted by Crippen LogP contribution is 2.66. The van der Waals surface area contributed by atoms with E-state index in [1.165, 1.54) is 93.7 Å². The monoisotopic (exact) mass is 584 g/mol. The maximum Gasteiger partial charge on any atom is 0.0726 e. The van der Waals surface area contributed by atoms with Crippen molar-refractivity contribution in [2.24, 2.45) is 5.41 Å². The van der Waals surface area contributed by atoms with Crippen molar-refractivity contribution in [2.45, 2.75) is 11.8 Å². The lowest BCUT2D eigenvalue weighted by atomic mass is 9.70. The Kier molecular flexibility index (Phi) is 4.02. The molecule has 6 aromatic carbocycles. The summed E-state index contributed by atoms with van der Waals surface area (Å²) in [4.78, 5) is 0. The molecule has 2 heterocycles. The molecule has 46 heavy (non-hydrogen) atoms. The summed E-state index contributed by atoms with van der Waals surface area (Å²) in [6.07, 6.45) is 12.7. The van der Waals surface area contributed by atoms with Crippen molar-refractivity contribution >= 4 is 49.0 Å². The molecule has 0 saturated carbocycles. The van der Waals surface area contributed by atoms with Gasteiger partial charge in [-0.3, -0.25) is 0 Å². The lowest BCUT2D eigenvalue weighted by Crippen LogP contribution is -2.26. The van der Waals surface area contributed by atoms with Gasteiger partial charge in [-0.05, 0) is 73.5 Å². The topological polar surface area (TPSA) is 17.0 Å². The third-order valence-electron chi connectivity index (χ3n) is 11.7. The van der Waals surface area contributed by atoms with Crippen LogP contribution in [0.4, 0.5) is 0 Å². The fourth-order valence-electron chi connectivity index (χ4n) is 9.93. The molecule has 2 heteroatoms. The summed E-state index contributed by atoms with van der Waals surface area (Å²) < 4.78 is 2.61. The number of aromatic nitrogens is 1. The van der Waals surface area contributed by atoms with Gasteiger partial charge in [0.2, 0.25) is 0 Å². The average molecular weight is 585 g/mol. The van der Waals surface area contributed by atoms with E-state index < -0.39 is 0 Å². The Morgan fingerprint density at radius 2 is 1.41 bits per heavy atom. The van der Waals surface area contributed by atoms with Crippen LogP contribution < -0.4 is 5.32 Å². The molecule has 0 amide bonds. The lowest BCUT2D eigenvalue weighted by molar-refractivity contribution is 0.619. The second kappa shape index (κ2) is 7.78. The highest BCUT2D eigenvalue weighted by Gasteiger charge is 2.54.